The predicted octanol–water partition coefficient (Wildman–Crippen LogP) is 5.12. The Hall–Kier alpha value is -3.60. The second kappa shape index (κ2) is 9.27. The molecular weight excluding hydrogens is 374 g/mol. The molecule has 1 heterocycles. The second-order valence-electron chi connectivity index (χ2n) is 7.42. The third-order valence-electron chi connectivity index (χ3n) is 5.25. The van der Waals surface area contributed by atoms with Crippen LogP contribution in [0.5, 0.6) is 0 Å². The molecule has 5 nitrogen and oxygen atoms in total. The maximum atomic E-state index is 13.2. The molecule has 0 aromatic heterocycles. The summed E-state index contributed by atoms with van der Waals surface area (Å²) in [6.07, 6.45) is 2.30. The van der Waals surface area contributed by atoms with Crippen molar-refractivity contribution in [2.75, 3.05) is 17.2 Å². The van der Waals surface area contributed by atoms with Crippen LogP contribution in [0.2, 0.25) is 0 Å². The van der Waals surface area contributed by atoms with Crippen molar-refractivity contribution >= 4 is 28.9 Å². The minimum atomic E-state index is -0.624. The van der Waals surface area contributed by atoms with Gasteiger partial charge in [-0.25, -0.2) is 0 Å². The molecule has 1 fully saturated rings. The molecule has 0 radical (unpaired) electrons. The number of likely N-dealkylation sites (tertiary alicyclic amines) is 1. The molecule has 152 valence electrons. The highest BCUT2D eigenvalue weighted by atomic mass is 16.2. The number of benzene rings is 3. The summed E-state index contributed by atoms with van der Waals surface area (Å²) in [6.45, 7) is 0.603. The zero-order valence-electron chi connectivity index (χ0n) is 16.8. The van der Waals surface area contributed by atoms with Gasteiger partial charge in [-0.1, -0.05) is 48.5 Å². The van der Waals surface area contributed by atoms with E-state index in [-0.39, 0.29) is 11.8 Å². The summed E-state index contributed by atoms with van der Waals surface area (Å²) < 4.78 is 0. The van der Waals surface area contributed by atoms with Crippen molar-refractivity contribution in [1.82, 2.24) is 4.90 Å². The maximum absolute atomic E-state index is 13.2. The van der Waals surface area contributed by atoms with Crippen molar-refractivity contribution in [2.45, 2.75) is 25.3 Å². The standard InChI is InChI=1S/C25H25N3O2/c29-23-13-7-8-18-28(23)24(19-9-3-1-4-10-19)25(30)27-22-16-14-21(15-17-22)26-20-11-5-2-6-12-20/h1-6,9-12,14-17,24,26H,7-8,13,18H2,(H,27,30). The average Bonchev–Trinajstić information content (AvgIpc) is 2.78. The number of para-hydroxylation sites is 1. The van der Waals surface area contributed by atoms with Crippen LogP contribution in [-0.2, 0) is 9.59 Å². The first-order valence-electron chi connectivity index (χ1n) is 10.3. The van der Waals surface area contributed by atoms with E-state index in [1.54, 1.807) is 4.90 Å². The van der Waals surface area contributed by atoms with Gasteiger partial charge >= 0.3 is 0 Å². The fraction of sp³-hybridized carbons (Fsp3) is 0.200. The highest BCUT2D eigenvalue weighted by molar-refractivity contribution is 5.98. The van der Waals surface area contributed by atoms with E-state index in [9.17, 15) is 9.59 Å². The summed E-state index contributed by atoms with van der Waals surface area (Å²) in [6, 6.07) is 26.4. The zero-order chi connectivity index (χ0) is 20.8. The van der Waals surface area contributed by atoms with Crippen molar-refractivity contribution in [3.05, 3.63) is 90.5 Å². The molecule has 5 heteroatoms. The number of piperidine rings is 1. The smallest absolute Gasteiger partial charge is 0.251 e. The zero-order valence-corrected chi connectivity index (χ0v) is 16.8. The quantitative estimate of drug-likeness (QED) is 0.605. The Kier molecular flexibility index (Phi) is 6.09. The number of carbonyl (C=O) groups is 2. The van der Waals surface area contributed by atoms with E-state index in [0.717, 1.165) is 29.8 Å². The molecule has 4 rings (SSSR count). The third kappa shape index (κ3) is 4.69. The first kappa shape index (κ1) is 19.7. The number of nitrogens with one attached hydrogen (secondary N) is 2. The van der Waals surface area contributed by atoms with E-state index in [0.29, 0.717) is 18.7 Å². The van der Waals surface area contributed by atoms with Crippen LogP contribution in [0.4, 0.5) is 17.1 Å². The van der Waals surface area contributed by atoms with E-state index in [1.165, 1.54) is 0 Å². The van der Waals surface area contributed by atoms with Gasteiger partial charge in [0.1, 0.15) is 6.04 Å². The normalized spacial score (nSPS) is 14.8. The van der Waals surface area contributed by atoms with Crippen LogP contribution in [0.3, 0.4) is 0 Å². The molecule has 1 aliphatic rings. The summed E-state index contributed by atoms with van der Waals surface area (Å²) in [5.74, 6) is -0.159. The monoisotopic (exact) mass is 399 g/mol. The van der Waals surface area contributed by atoms with Gasteiger partial charge in [-0.2, -0.15) is 0 Å². The van der Waals surface area contributed by atoms with Gasteiger partial charge in [0.2, 0.25) is 5.91 Å². The maximum Gasteiger partial charge on any atom is 0.251 e. The molecule has 1 aliphatic heterocycles. The Labute approximate surface area is 176 Å². The molecule has 1 atom stereocenters. The summed E-state index contributed by atoms with van der Waals surface area (Å²) in [5, 5.41) is 6.31. The highest BCUT2D eigenvalue weighted by Gasteiger charge is 2.32. The number of hydrogen-bond donors (Lipinski definition) is 2. The van der Waals surface area contributed by atoms with Crippen molar-refractivity contribution in [3.8, 4) is 0 Å². The SMILES string of the molecule is O=C(Nc1ccc(Nc2ccccc2)cc1)C(c1ccccc1)N1CCCCC1=O. The number of rotatable bonds is 6. The van der Waals surface area contributed by atoms with Gasteiger partial charge in [-0.05, 0) is 54.8 Å². The van der Waals surface area contributed by atoms with E-state index < -0.39 is 6.04 Å². The van der Waals surface area contributed by atoms with Crippen molar-refractivity contribution in [3.63, 3.8) is 0 Å². The Balaban J connectivity index is 1.50. The topological polar surface area (TPSA) is 61.4 Å². The summed E-state index contributed by atoms with van der Waals surface area (Å²) in [5.41, 5.74) is 3.46. The minimum Gasteiger partial charge on any atom is -0.356 e. The van der Waals surface area contributed by atoms with Gasteiger partial charge in [-0.15, -0.1) is 0 Å². The van der Waals surface area contributed by atoms with Crippen LogP contribution in [0.15, 0.2) is 84.9 Å². The van der Waals surface area contributed by atoms with Gasteiger partial charge in [0, 0.05) is 30.0 Å². The van der Waals surface area contributed by atoms with Crippen LogP contribution < -0.4 is 10.6 Å². The number of carbonyl (C=O) groups excluding carboxylic acids is 2. The Bertz CT molecular complexity index is 988. The number of nitrogens with zero attached hydrogens (tertiary/aromatic N) is 1. The molecule has 1 saturated heterocycles. The Morgan fingerprint density at radius 2 is 1.37 bits per heavy atom. The molecule has 0 spiro atoms. The Morgan fingerprint density at radius 3 is 2.03 bits per heavy atom. The molecule has 1 unspecified atom stereocenters. The molecule has 2 N–H and O–H groups in total. The van der Waals surface area contributed by atoms with Gasteiger partial charge in [0.25, 0.3) is 5.91 Å². The predicted molar refractivity (Wildman–Crippen MR) is 120 cm³/mol. The molecule has 30 heavy (non-hydrogen) atoms. The van der Waals surface area contributed by atoms with Crippen LogP contribution >= 0.6 is 0 Å². The van der Waals surface area contributed by atoms with E-state index in [4.69, 9.17) is 0 Å². The molecule has 0 bridgehead atoms. The minimum absolute atomic E-state index is 0.0349. The highest BCUT2D eigenvalue weighted by Crippen LogP contribution is 2.27. The van der Waals surface area contributed by atoms with Crippen LogP contribution in [0, 0.1) is 0 Å². The lowest BCUT2D eigenvalue weighted by atomic mass is 10.0. The lowest BCUT2D eigenvalue weighted by Gasteiger charge is -2.34. The number of amides is 2. The van der Waals surface area contributed by atoms with Crippen molar-refractivity contribution in [2.24, 2.45) is 0 Å². The molecule has 2 amide bonds. The lowest BCUT2D eigenvalue weighted by Crippen LogP contribution is -2.43. The second-order valence-corrected chi connectivity index (χ2v) is 7.42. The van der Waals surface area contributed by atoms with Gasteiger partial charge < -0.3 is 15.5 Å². The van der Waals surface area contributed by atoms with Gasteiger partial charge in [0.15, 0.2) is 0 Å². The molecule has 0 saturated carbocycles. The molecule has 0 aliphatic carbocycles. The van der Waals surface area contributed by atoms with Crippen molar-refractivity contribution in [1.29, 1.82) is 0 Å². The first-order valence-corrected chi connectivity index (χ1v) is 10.3. The van der Waals surface area contributed by atoms with Crippen LogP contribution in [-0.4, -0.2) is 23.3 Å². The summed E-state index contributed by atoms with van der Waals surface area (Å²) in [7, 11) is 0. The van der Waals surface area contributed by atoms with E-state index in [2.05, 4.69) is 10.6 Å². The van der Waals surface area contributed by atoms with Gasteiger partial charge in [0.05, 0.1) is 0 Å². The number of anilines is 3. The molecule has 3 aromatic carbocycles. The first-order chi connectivity index (χ1) is 14.7. The fourth-order valence-electron chi connectivity index (χ4n) is 3.74. The fourth-order valence-corrected chi connectivity index (χ4v) is 3.74. The lowest BCUT2D eigenvalue weighted by molar-refractivity contribution is -0.141. The largest absolute Gasteiger partial charge is 0.356 e. The molecule has 3 aromatic rings. The molecular formula is C25H25N3O2. The summed E-state index contributed by atoms with van der Waals surface area (Å²) in [4.78, 5) is 27.4. The van der Waals surface area contributed by atoms with E-state index >= 15 is 0 Å². The third-order valence-corrected chi connectivity index (χ3v) is 5.25. The summed E-state index contributed by atoms with van der Waals surface area (Å²) >= 11 is 0. The van der Waals surface area contributed by atoms with Gasteiger partial charge in [-0.3, -0.25) is 9.59 Å². The van der Waals surface area contributed by atoms with Crippen LogP contribution in [0.1, 0.15) is 30.9 Å². The average molecular weight is 399 g/mol. The van der Waals surface area contributed by atoms with E-state index in [1.807, 2.05) is 84.9 Å². The Morgan fingerprint density at radius 1 is 0.767 bits per heavy atom. The number of hydrogen-bond acceptors (Lipinski definition) is 3. The van der Waals surface area contributed by atoms with Crippen molar-refractivity contribution < 1.29 is 9.59 Å². The van der Waals surface area contributed by atoms with Crippen LogP contribution in [0.25, 0.3) is 0 Å².